The molecule has 0 spiro atoms. The van der Waals surface area contributed by atoms with Crippen molar-refractivity contribution in [1.82, 2.24) is 15.1 Å². The van der Waals surface area contributed by atoms with Crippen LogP contribution in [0, 0.1) is 6.92 Å². The lowest BCUT2D eigenvalue weighted by molar-refractivity contribution is 0.411. The molecule has 0 fully saturated rings. The van der Waals surface area contributed by atoms with Gasteiger partial charge in [-0.2, -0.15) is 4.98 Å². The average molecular weight is 221 g/mol. The lowest BCUT2D eigenvalue weighted by Crippen LogP contribution is -1.87. The molecule has 0 aromatic carbocycles. The fraction of sp³-hybridized carbons (Fsp3) is 0.364. The summed E-state index contributed by atoms with van der Waals surface area (Å²) in [6.45, 7) is 5.76. The molecule has 86 valence electrons. The standard InChI is InChI=1S/C9H9N3O2.C2H6/c1-6-11-9(14-12-6)8-5-7(13-2)3-4-10-8;1-2/h3-5H,1-2H3;1-2H3. The second-order valence-corrected chi connectivity index (χ2v) is 2.73. The van der Waals surface area contributed by atoms with Gasteiger partial charge in [-0.1, -0.05) is 19.0 Å². The van der Waals surface area contributed by atoms with Crippen molar-refractivity contribution in [1.29, 1.82) is 0 Å². The molecule has 0 saturated heterocycles. The topological polar surface area (TPSA) is 61.0 Å². The molecule has 0 amide bonds. The van der Waals surface area contributed by atoms with Crippen molar-refractivity contribution in [2.24, 2.45) is 0 Å². The first-order chi connectivity index (χ1) is 7.79. The van der Waals surface area contributed by atoms with Gasteiger partial charge in [-0.25, -0.2) is 0 Å². The molecular weight excluding hydrogens is 206 g/mol. The van der Waals surface area contributed by atoms with E-state index < -0.39 is 0 Å². The molecule has 2 rings (SSSR count). The van der Waals surface area contributed by atoms with E-state index in [9.17, 15) is 0 Å². The van der Waals surface area contributed by atoms with E-state index in [2.05, 4.69) is 15.1 Å². The summed E-state index contributed by atoms with van der Waals surface area (Å²) in [5, 5.41) is 3.68. The van der Waals surface area contributed by atoms with Crippen LogP contribution in [0.3, 0.4) is 0 Å². The Kier molecular flexibility index (Phi) is 4.44. The van der Waals surface area contributed by atoms with Crippen LogP contribution in [-0.2, 0) is 0 Å². The largest absolute Gasteiger partial charge is 0.497 e. The molecule has 0 N–H and O–H groups in total. The first-order valence-electron chi connectivity index (χ1n) is 5.10. The fourth-order valence-corrected chi connectivity index (χ4v) is 1.06. The third-order valence-corrected chi connectivity index (χ3v) is 1.71. The van der Waals surface area contributed by atoms with Gasteiger partial charge in [-0.15, -0.1) is 0 Å². The number of aryl methyl sites for hydroxylation is 1. The van der Waals surface area contributed by atoms with E-state index in [1.807, 2.05) is 13.8 Å². The number of hydrogen-bond donors (Lipinski definition) is 0. The van der Waals surface area contributed by atoms with Crippen molar-refractivity contribution in [3.8, 4) is 17.3 Å². The Balaban J connectivity index is 0.000000606. The molecule has 5 nitrogen and oxygen atoms in total. The van der Waals surface area contributed by atoms with Crippen molar-refractivity contribution in [2.45, 2.75) is 20.8 Å². The maximum Gasteiger partial charge on any atom is 0.276 e. The van der Waals surface area contributed by atoms with Crippen LogP contribution in [0.4, 0.5) is 0 Å². The first kappa shape index (κ1) is 12.2. The Labute approximate surface area is 94.5 Å². The zero-order valence-electron chi connectivity index (χ0n) is 9.89. The van der Waals surface area contributed by atoms with Crippen LogP contribution in [0.25, 0.3) is 11.6 Å². The van der Waals surface area contributed by atoms with Crippen LogP contribution >= 0.6 is 0 Å². The maximum atomic E-state index is 5.05. The zero-order chi connectivity index (χ0) is 12.0. The minimum absolute atomic E-state index is 0.404. The highest BCUT2D eigenvalue weighted by Gasteiger charge is 2.07. The summed E-state index contributed by atoms with van der Waals surface area (Å²) in [6.07, 6.45) is 1.63. The molecule has 0 aliphatic heterocycles. The second-order valence-electron chi connectivity index (χ2n) is 2.73. The Morgan fingerprint density at radius 3 is 2.62 bits per heavy atom. The third kappa shape index (κ3) is 2.79. The molecule has 2 aromatic rings. The third-order valence-electron chi connectivity index (χ3n) is 1.71. The van der Waals surface area contributed by atoms with Gasteiger partial charge in [0.05, 0.1) is 7.11 Å². The summed E-state index contributed by atoms with van der Waals surface area (Å²) in [5.74, 6) is 1.71. The summed E-state index contributed by atoms with van der Waals surface area (Å²) in [5.41, 5.74) is 0.616. The summed E-state index contributed by atoms with van der Waals surface area (Å²) >= 11 is 0. The number of aromatic nitrogens is 3. The van der Waals surface area contributed by atoms with Crippen molar-refractivity contribution >= 4 is 0 Å². The lowest BCUT2D eigenvalue weighted by Gasteiger charge is -1.98. The number of rotatable bonds is 2. The molecule has 16 heavy (non-hydrogen) atoms. The van der Waals surface area contributed by atoms with Gasteiger partial charge in [0.15, 0.2) is 5.82 Å². The van der Waals surface area contributed by atoms with Crippen molar-refractivity contribution in [2.75, 3.05) is 7.11 Å². The van der Waals surface area contributed by atoms with Crippen LogP contribution in [0.5, 0.6) is 5.75 Å². The molecule has 0 radical (unpaired) electrons. The molecule has 0 saturated carbocycles. The Hall–Kier alpha value is -1.91. The Morgan fingerprint density at radius 1 is 1.31 bits per heavy atom. The van der Waals surface area contributed by atoms with Gasteiger partial charge in [-0.05, 0) is 13.0 Å². The van der Waals surface area contributed by atoms with Crippen LogP contribution in [0.15, 0.2) is 22.9 Å². The monoisotopic (exact) mass is 221 g/mol. The second kappa shape index (κ2) is 5.85. The predicted octanol–water partition coefficient (Wildman–Crippen LogP) is 2.47. The van der Waals surface area contributed by atoms with E-state index in [1.165, 1.54) is 0 Å². The number of hydrogen-bond acceptors (Lipinski definition) is 5. The van der Waals surface area contributed by atoms with Gasteiger partial charge in [0.1, 0.15) is 11.4 Å². The molecule has 2 aromatic heterocycles. The minimum atomic E-state index is 0.404. The highest BCUT2D eigenvalue weighted by Crippen LogP contribution is 2.18. The molecule has 0 unspecified atom stereocenters. The van der Waals surface area contributed by atoms with E-state index in [-0.39, 0.29) is 0 Å². The van der Waals surface area contributed by atoms with Crippen LogP contribution in [0.1, 0.15) is 19.7 Å². The van der Waals surface area contributed by atoms with Gasteiger partial charge in [-0.3, -0.25) is 4.98 Å². The van der Waals surface area contributed by atoms with Crippen LogP contribution in [0.2, 0.25) is 0 Å². The number of methoxy groups -OCH3 is 1. The summed E-state index contributed by atoms with van der Waals surface area (Å²) in [7, 11) is 1.60. The molecule has 0 aliphatic carbocycles. The van der Waals surface area contributed by atoms with E-state index >= 15 is 0 Å². The highest BCUT2D eigenvalue weighted by atomic mass is 16.5. The highest BCUT2D eigenvalue weighted by molar-refractivity contribution is 5.49. The summed E-state index contributed by atoms with van der Waals surface area (Å²) < 4.78 is 10.0. The van der Waals surface area contributed by atoms with Crippen molar-refractivity contribution in [3.05, 3.63) is 24.2 Å². The van der Waals surface area contributed by atoms with Gasteiger partial charge in [0.25, 0.3) is 5.89 Å². The minimum Gasteiger partial charge on any atom is -0.497 e. The predicted molar refractivity (Wildman–Crippen MR) is 60.2 cm³/mol. The van der Waals surface area contributed by atoms with E-state index in [4.69, 9.17) is 9.26 Å². The van der Waals surface area contributed by atoms with E-state index in [0.717, 1.165) is 0 Å². The van der Waals surface area contributed by atoms with Gasteiger partial charge >= 0.3 is 0 Å². The maximum absolute atomic E-state index is 5.05. The molecule has 5 heteroatoms. The first-order valence-corrected chi connectivity index (χ1v) is 5.10. The van der Waals surface area contributed by atoms with Gasteiger partial charge in [0, 0.05) is 12.3 Å². The van der Waals surface area contributed by atoms with Crippen LogP contribution in [-0.4, -0.2) is 22.2 Å². The number of pyridine rings is 1. The SMILES string of the molecule is CC.COc1ccnc(-c2nc(C)no2)c1. The summed E-state index contributed by atoms with van der Waals surface area (Å²) in [4.78, 5) is 8.16. The molecular formula is C11H15N3O2. The molecule has 0 atom stereocenters. The summed E-state index contributed by atoms with van der Waals surface area (Å²) in [6, 6.07) is 3.50. The normalized spacial score (nSPS) is 9.25. The van der Waals surface area contributed by atoms with E-state index in [1.54, 1.807) is 32.4 Å². The van der Waals surface area contributed by atoms with Gasteiger partial charge in [0.2, 0.25) is 0 Å². The quantitative estimate of drug-likeness (QED) is 0.779. The lowest BCUT2D eigenvalue weighted by atomic mass is 10.3. The Morgan fingerprint density at radius 2 is 2.06 bits per heavy atom. The Bertz CT molecular complexity index is 440. The average Bonchev–Trinajstić information content (AvgIpc) is 2.79. The smallest absolute Gasteiger partial charge is 0.276 e. The number of nitrogens with zero attached hydrogens (tertiary/aromatic N) is 3. The van der Waals surface area contributed by atoms with E-state index in [0.29, 0.717) is 23.2 Å². The van der Waals surface area contributed by atoms with Crippen molar-refractivity contribution < 1.29 is 9.26 Å². The molecule has 0 aliphatic rings. The molecule has 0 bridgehead atoms. The fourth-order valence-electron chi connectivity index (χ4n) is 1.06. The van der Waals surface area contributed by atoms with Crippen LogP contribution < -0.4 is 4.74 Å². The van der Waals surface area contributed by atoms with Crippen molar-refractivity contribution in [3.63, 3.8) is 0 Å². The molecule has 2 heterocycles. The van der Waals surface area contributed by atoms with Gasteiger partial charge < -0.3 is 9.26 Å². The zero-order valence-corrected chi connectivity index (χ0v) is 9.89. The number of ether oxygens (including phenoxy) is 1.